The number of allylic oxidation sites excluding steroid dienone is 2. The fraction of sp³-hybridized carbons (Fsp3) is 0.217. The van der Waals surface area contributed by atoms with Gasteiger partial charge in [-0.15, -0.1) is 0 Å². The first kappa shape index (κ1) is 19.5. The van der Waals surface area contributed by atoms with Gasteiger partial charge in [-0.05, 0) is 63.1 Å². The van der Waals surface area contributed by atoms with Crippen LogP contribution in [0.5, 0.6) is 5.75 Å². The highest BCUT2D eigenvalue weighted by Crippen LogP contribution is 2.25. The zero-order valence-corrected chi connectivity index (χ0v) is 16.0. The number of amides is 1. The minimum absolute atomic E-state index is 0.0954. The number of rotatable bonds is 7. The number of nitrogens with one attached hydrogen (secondary N) is 1. The van der Waals surface area contributed by atoms with Crippen LogP contribution in [0.25, 0.3) is 10.9 Å². The molecule has 0 spiro atoms. The van der Waals surface area contributed by atoms with Crippen molar-refractivity contribution in [2.45, 2.75) is 26.7 Å². The summed E-state index contributed by atoms with van der Waals surface area (Å²) in [4.78, 5) is 17.0. The number of benzene rings is 2. The van der Waals surface area contributed by atoms with Crippen molar-refractivity contribution in [2.24, 2.45) is 0 Å². The maximum absolute atomic E-state index is 14.7. The number of ether oxygens (including phenoxy) is 1. The van der Waals surface area contributed by atoms with Gasteiger partial charge < -0.3 is 10.1 Å². The van der Waals surface area contributed by atoms with Crippen LogP contribution in [0.3, 0.4) is 0 Å². The summed E-state index contributed by atoms with van der Waals surface area (Å²) in [6.07, 6.45) is 5.69. The lowest BCUT2D eigenvalue weighted by Crippen LogP contribution is -2.13. The number of fused-ring (bicyclic) bond motifs is 1. The molecular weight excluding hydrogens is 355 g/mol. The van der Waals surface area contributed by atoms with Gasteiger partial charge in [0.2, 0.25) is 0 Å². The van der Waals surface area contributed by atoms with E-state index in [1.807, 2.05) is 38.1 Å². The number of unbranched alkanes of at least 4 members (excludes halogenated alkanes) is 1. The van der Waals surface area contributed by atoms with Crippen LogP contribution in [0.2, 0.25) is 0 Å². The molecule has 3 rings (SSSR count). The Hall–Kier alpha value is -3.21. The number of aromatic nitrogens is 1. The molecule has 0 atom stereocenters. The first-order chi connectivity index (χ1) is 13.6. The van der Waals surface area contributed by atoms with E-state index in [-0.39, 0.29) is 17.3 Å². The first-order valence-corrected chi connectivity index (χ1v) is 9.29. The molecule has 0 radical (unpaired) electrons. The Morgan fingerprint density at radius 3 is 2.89 bits per heavy atom. The number of aryl methyl sites for hydroxylation is 1. The van der Waals surface area contributed by atoms with E-state index in [1.54, 1.807) is 30.3 Å². The van der Waals surface area contributed by atoms with Gasteiger partial charge in [0.05, 0.1) is 17.8 Å². The first-order valence-electron chi connectivity index (χ1n) is 9.29. The lowest BCUT2D eigenvalue weighted by molar-refractivity contribution is 0.102. The third-order valence-corrected chi connectivity index (χ3v) is 4.31. The van der Waals surface area contributed by atoms with Gasteiger partial charge in [0.25, 0.3) is 5.91 Å². The SMILES string of the molecule is CC=CCCCOc1cccc(NC(=O)c2ccc3nc(C)ccc3c2)c1F. The molecule has 1 aromatic heterocycles. The zero-order chi connectivity index (χ0) is 19.9. The van der Waals surface area contributed by atoms with Gasteiger partial charge in [-0.2, -0.15) is 0 Å². The Morgan fingerprint density at radius 2 is 2.07 bits per heavy atom. The summed E-state index contributed by atoms with van der Waals surface area (Å²) in [5.41, 5.74) is 2.26. The molecule has 0 aliphatic heterocycles. The number of carbonyl (C=O) groups excluding carboxylic acids is 1. The Bertz CT molecular complexity index is 1010. The van der Waals surface area contributed by atoms with Gasteiger partial charge in [0.1, 0.15) is 0 Å². The van der Waals surface area contributed by atoms with E-state index < -0.39 is 5.82 Å². The van der Waals surface area contributed by atoms with E-state index in [4.69, 9.17) is 4.74 Å². The maximum Gasteiger partial charge on any atom is 0.255 e. The topological polar surface area (TPSA) is 51.2 Å². The van der Waals surface area contributed by atoms with Crippen molar-refractivity contribution in [1.82, 2.24) is 4.98 Å². The minimum atomic E-state index is -0.569. The van der Waals surface area contributed by atoms with Crippen molar-refractivity contribution in [3.63, 3.8) is 0 Å². The molecule has 144 valence electrons. The second-order valence-electron chi connectivity index (χ2n) is 6.49. The molecule has 4 nitrogen and oxygen atoms in total. The maximum atomic E-state index is 14.7. The van der Waals surface area contributed by atoms with Crippen molar-refractivity contribution in [3.8, 4) is 5.75 Å². The van der Waals surface area contributed by atoms with Crippen LogP contribution in [0.4, 0.5) is 10.1 Å². The Balaban J connectivity index is 1.71. The highest BCUT2D eigenvalue weighted by atomic mass is 19.1. The molecule has 0 aliphatic carbocycles. The number of anilines is 1. The summed E-state index contributed by atoms with van der Waals surface area (Å²) in [5, 5.41) is 3.49. The average Bonchev–Trinajstić information content (AvgIpc) is 2.70. The van der Waals surface area contributed by atoms with E-state index >= 15 is 0 Å². The van der Waals surface area contributed by atoms with Gasteiger partial charge in [-0.25, -0.2) is 4.39 Å². The Kier molecular flexibility index (Phi) is 6.37. The second kappa shape index (κ2) is 9.13. The lowest BCUT2D eigenvalue weighted by Gasteiger charge is -2.11. The van der Waals surface area contributed by atoms with Crippen LogP contribution in [0.1, 0.15) is 35.8 Å². The molecular formula is C23H23FN2O2. The van der Waals surface area contributed by atoms with Crippen LogP contribution in [-0.4, -0.2) is 17.5 Å². The van der Waals surface area contributed by atoms with E-state index in [1.165, 1.54) is 6.07 Å². The van der Waals surface area contributed by atoms with Crippen molar-refractivity contribution in [2.75, 3.05) is 11.9 Å². The number of hydrogen-bond acceptors (Lipinski definition) is 3. The van der Waals surface area contributed by atoms with Gasteiger partial charge in [-0.1, -0.05) is 24.3 Å². The molecule has 1 amide bonds. The van der Waals surface area contributed by atoms with E-state index in [0.717, 1.165) is 29.4 Å². The summed E-state index contributed by atoms with van der Waals surface area (Å²) >= 11 is 0. The molecule has 0 fully saturated rings. The van der Waals surface area contributed by atoms with Crippen molar-refractivity contribution < 1.29 is 13.9 Å². The minimum Gasteiger partial charge on any atom is -0.490 e. The van der Waals surface area contributed by atoms with Crippen molar-refractivity contribution >= 4 is 22.5 Å². The highest BCUT2D eigenvalue weighted by molar-refractivity contribution is 6.06. The summed E-state index contributed by atoms with van der Waals surface area (Å²) in [6, 6.07) is 13.8. The smallest absolute Gasteiger partial charge is 0.255 e. The predicted octanol–water partition coefficient (Wildman–Crippen LogP) is 5.67. The molecule has 0 bridgehead atoms. The number of hydrogen-bond donors (Lipinski definition) is 1. The summed E-state index contributed by atoms with van der Waals surface area (Å²) in [5.74, 6) is -0.817. The standard InChI is InChI=1S/C23H23FN2O2/c1-3-4-5-6-14-28-21-9-7-8-20(22(21)24)26-23(27)18-12-13-19-17(15-18)11-10-16(2)25-19/h3-4,7-13,15H,5-6,14H2,1-2H3,(H,26,27). The second-order valence-corrected chi connectivity index (χ2v) is 6.49. The molecule has 0 saturated heterocycles. The van der Waals surface area contributed by atoms with Gasteiger partial charge in [0.15, 0.2) is 11.6 Å². The molecule has 1 N–H and O–H groups in total. The monoisotopic (exact) mass is 378 g/mol. The Labute approximate surface area is 164 Å². The largest absolute Gasteiger partial charge is 0.490 e. The third-order valence-electron chi connectivity index (χ3n) is 4.31. The third kappa shape index (κ3) is 4.74. The fourth-order valence-corrected chi connectivity index (χ4v) is 2.83. The van der Waals surface area contributed by atoms with Crippen LogP contribution in [0, 0.1) is 12.7 Å². The molecule has 0 aliphatic rings. The van der Waals surface area contributed by atoms with Crippen molar-refractivity contribution in [3.05, 3.63) is 77.8 Å². The number of carbonyl (C=O) groups is 1. The predicted molar refractivity (Wildman–Crippen MR) is 110 cm³/mol. The van der Waals surface area contributed by atoms with E-state index in [2.05, 4.69) is 10.3 Å². The number of halogens is 1. The normalized spacial score (nSPS) is 11.1. The Morgan fingerprint density at radius 1 is 1.21 bits per heavy atom. The van der Waals surface area contributed by atoms with Gasteiger partial charge in [0, 0.05) is 16.6 Å². The molecule has 1 heterocycles. The average molecular weight is 378 g/mol. The van der Waals surface area contributed by atoms with Gasteiger partial charge >= 0.3 is 0 Å². The molecule has 5 heteroatoms. The summed E-state index contributed by atoms with van der Waals surface area (Å²) in [6.45, 7) is 4.29. The molecule has 0 unspecified atom stereocenters. The zero-order valence-electron chi connectivity index (χ0n) is 16.0. The number of nitrogens with zero attached hydrogens (tertiary/aromatic N) is 1. The van der Waals surface area contributed by atoms with Crippen LogP contribution < -0.4 is 10.1 Å². The van der Waals surface area contributed by atoms with Crippen LogP contribution in [-0.2, 0) is 0 Å². The van der Waals surface area contributed by atoms with E-state index in [9.17, 15) is 9.18 Å². The van der Waals surface area contributed by atoms with Gasteiger partial charge in [-0.3, -0.25) is 9.78 Å². The summed E-state index contributed by atoms with van der Waals surface area (Å²) in [7, 11) is 0. The van der Waals surface area contributed by atoms with Crippen molar-refractivity contribution in [1.29, 1.82) is 0 Å². The quantitative estimate of drug-likeness (QED) is 0.426. The van der Waals surface area contributed by atoms with E-state index in [0.29, 0.717) is 12.2 Å². The van der Waals surface area contributed by atoms with Crippen LogP contribution in [0.15, 0.2) is 60.7 Å². The highest BCUT2D eigenvalue weighted by Gasteiger charge is 2.13. The fourth-order valence-electron chi connectivity index (χ4n) is 2.83. The molecule has 3 aromatic rings. The van der Waals surface area contributed by atoms with Crippen LogP contribution >= 0.6 is 0 Å². The lowest BCUT2D eigenvalue weighted by atomic mass is 10.1. The number of pyridine rings is 1. The molecule has 0 saturated carbocycles. The molecule has 28 heavy (non-hydrogen) atoms. The molecule has 2 aromatic carbocycles. The summed E-state index contributed by atoms with van der Waals surface area (Å²) < 4.78 is 20.2.